The van der Waals surface area contributed by atoms with Gasteiger partial charge in [-0.3, -0.25) is 14.2 Å². The Morgan fingerprint density at radius 2 is 2.00 bits per heavy atom. The van der Waals surface area contributed by atoms with Gasteiger partial charge in [-0.2, -0.15) is 0 Å². The second-order valence-electron chi connectivity index (χ2n) is 6.90. The van der Waals surface area contributed by atoms with Gasteiger partial charge in [0.15, 0.2) is 0 Å². The van der Waals surface area contributed by atoms with E-state index in [0.29, 0.717) is 26.3 Å². The fraction of sp³-hybridized carbons (Fsp3) is 0.333. The molecule has 0 aliphatic carbocycles. The monoisotopic (exact) mass is 413 g/mol. The Bertz CT molecular complexity index is 1160. The topological polar surface area (TPSA) is 90.3 Å². The van der Waals surface area contributed by atoms with Crippen LogP contribution in [0.1, 0.15) is 46.3 Å². The number of nitrogens with one attached hydrogen (secondary N) is 1. The molecular weight excluding hydrogens is 390 g/mol. The number of anilines is 1. The van der Waals surface area contributed by atoms with Gasteiger partial charge < -0.3 is 10.1 Å². The summed E-state index contributed by atoms with van der Waals surface area (Å²) in [5.41, 5.74) is 2.84. The van der Waals surface area contributed by atoms with E-state index in [4.69, 9.17) is 4.74 Å². The standard InChI is InChI=1S/C21H23N3O4S/c1-6-28-21(27)17-13(4)16-19(29-17)22-10-24(20(16)26)14(5)18(25)23-15-9-11(2)7-8-12(15)3/h7-10,14H,6H2,1-5H3,(H,23,25)/t14-/m0/s1. The SMILES string of the molecule is CCOC(=O)c1sc2ncn([C@@H](C)C(=O)Nc3cc(C)ccc3C)c(=O)c2c1C. The molecule has 1 N–H and O–H groups in total. The van der Waals surface area contributed by atoms with Crippen LogP contribution in [0.2, 0.25) is 0 Å². The Labute approximate surface area is 172 Å². The van der Waals surface area contributed by atoms with Gasteiger partial charge in [-0.15, -0.1) is 11.3 Å². The summed E-state index contributed by atoms with van der Waals surface area (Å²) in [4.78, 5) is 43.1. The second kappa shape index (κ2) is 8.16. The highest BCUT2D eigenvalue weighted by molar-refractivity contribution is 7.20. The number of benzene rings is 1. The summed E-state index contributed by atoms with van der Waals surface area (Å²) in [5.74, 6) is -0.792. The van der Waals surface area contributed by atoms with Gasteiger partial charge >= 0.3 is 5.97 Å². The number of rotatable bonds is 5. The normalized spacial score (nSPS) is 12.0. The molecule has 2 aromatic heterocycles. The molecule has 0 aliphatic heterocycles. The number of hydrogen-bond donors (Lipinski definition) is 1. The molecule has 0 fully saturated rings. The second-order valence-corrected chi connectivity index (χ2v) is 7.90. The van der Waals surface area contributed by atoms with Crippen LogP contribution in [0.25, 0.3) is 10.2 Å². The number of esters is 1. The lowest BCUT2D eigenvalue weighted by atomic mass is 10.1. The minimum absolute atomic E-state index is 0.250. The van der Waals surface area contributed by atoms with E-state index in [1.807, 2.05) is 32.0 Å². The molecule has 0 saturated heterocycles. The van der Waals surface area contributed by atoms with Gasteiger partial charge in [0.05, 0.1) is 18.3 Å². The van der Waals surface area contributed by atoms with Crippen molar-refractivity contribution >= 4 is 39.1 Å². The number of aromatic nitrogens is 2. The van der Waals surface area contributed by atoms with E-state index in [2.05, 4.69) is 10.3 Å². The smallest absolute Gasteiger partial charge is 0.348 e. The van der Waals surface area contributed by atoms with Crippen LogP contribution in [0.15, 0.2) is 29.3 Å². The van der Waals surface area contributed by atoms with Crippen LogP contribution in [0, 0.1) is 20.8 Å². The van der Waals surface area contributed by atoms with Crippen LogP contribution >= 0.6 is 11.3 Å². The molecule has 0 aliphatic rings. The molecule has 3 aromatic rings. The summed E-state index contributed by atoms with van der Waals surface area (Å²) in [6.45, 7) is 9.16. The van der Waals surface area contributed by atoms with Crippen molar-refractivity contribution in [2.75, 3.05) is 11.9 Å². The van der Waals surface area contributed by atoms with Gasteiger partial charge in [0, 0.05) is 5.69 Å². The van der Waals surface area contributed by atoms with Crippen molar-refractivity contribution in [3.63, 3.8) is 0 Å². The van der Waals surface area contributed by atoms with E-state index in [1.54, 1.807) is 20.8 Å². The molecule has 1 atom stereocenters. The molecule has 0 radical (unpaired) electrons. The molecule has 1 aromatic carbocycles. The van der Waals surface area contributed by atoms with Crippen molar-refractivity contribution in [1.29, 1.82) is 0 Å². The van der Waals surface area contributed by atoms with Crippen LogP contribution in [0.3, 0.4) is 0 Å². The molecule has 1 amide bonds. The lowest BCUT2D eigenvalue weighted by Gasteiger charge is -2.16. The third-order valence-electron chi connectivity index (χ3n) is 4.78. The zero-order valence-electron chi connectivity index (χ0n) is 17.0. The summed E-state index contributed by atoms with van der Waals surface area (Å²) >= 11 is 1.12. The predicted octanol–water partition coefficient (Wildman–Crippen LogP) is 3.76. The van der Waals surface area contributed by atoms with E-state index in [9.17, 15) is 14.4 Å². The van der Waals surface area contributed by atoms with Crippen LogP contribution in [-0.4, -0.2) is 28.0 Å². The fourth-order valence-electron chi connectivity index (χ4n) is 3.04. The average molecular weight is 413 g/mol. The molecule has 0 unspecified atom stereocenters. The first kappa shape index (κ1) is 20.7. The first-order valence-electron chi connectivity index (χ1n) is 9.30. The largest absolute Gasteiger partial charge is 0.462 e. The van der Waals surface area contributed by atoms with E-state index in [1.165, 1.54) is 10.9 Å². The molecule has 152 valence electrons. The maximum atomic E-state index is 13.1. The minimum Gasteiger partial charge on any atom is -0.462 e. The van der Waals surface area contributed by atoms with Crippen LogP contribution in [0.5, 0.6) is 0 Å². The third kappa shape index (κ3) is 3.93. The Morgan fingerprint density at radius 3 is 2.69 bits per heavy atom. The van der Waals surface area contributed by atoms with Gasteiger partial charge in [-0.25, -0.2) is 9.78 Å². The summed E-state index contributed by atoms with van der Waals surface area (Å²) in [6, 6.07) is 5.02. The summed E-state index contributed by atoms with van der Waals surface area (Å²) in [5, 5.41) is 3.22. The number of fused-ring (bicyclic) bond motifs is 1. The van der Waals surface area contributed by atoms with E-state index in [0.717, 1.165) is 22.5 Å². The van der Waals surface area contributed by atoms with Crippen molar-refractivity contribution in [3.05, 3.63) is 56.4 Å². The Balaban J connectivity index is 1.96. The zero-order valence-corrected chi connectivity index (χ0v) is 17.8. The average Bonchev–Trinajstić information content (AvgIpc) is 3.02. The molecule has 2 heterocycles. The number of aryl methyl sites for hydroxylation is 3. The molecule has 7 nitrogen and oxygen atoms in total. The van der Waals surface area contributed by atoms with E-state index in [-0.39, 0.29) is 18.1 Å². The fourth-order valence-corrected chi connectivity index (χ4v) is 4.07. The zero-order chi connectivity index (χ0) is 21.3. The van der Waals surface area contributed by atoms with E-state index >= 15 is 0 Å². The quantitative estimate of drug-likeness (QED) is 0.643. The van der Waals surface area contributed by atoms with Crippen molar-refractivity contribution in [1.82, 2.24) is 9.55 Å². The molecular formula is C21H23N3O4S. The highest BCUT2D eigenvalue weighted by Gasteiger charge is 2.23. The maximum absolute atomic E-state index is 13.1. The van der Waals surface area contributed by atoms with Crippen molar-refractivity contribution in [2.45, 2.75) is 40.7 Å². The molecule has 8 heteroatoms. The summed E-state index contributed by atoms with van der Waals surface area (Å²) in [6.07, 6.45) is 1.35. The molecule has 0 saturated carbocycles. The highest BCUT2D eigenvalue weighted by atomic mass is 32.1. The van der Waals surface area contributed by atoms with E-state index < -0.39 is 12.0 Å². The predicted molar refractivity (Wildman–Crippen MR) is 114 cm³/mol. The van der Waals surface area contributed by atoms with Gasteiger partial charge in [0.25, 0.3) is 5.56 Å². The highest BCUT2D eigenvalue weighted by Crippen LogP contribution is 2.28. The number of ether oxygens (including phenoxy) is 1. The van der Waals surface area contributed by atoms with Gasteiger partial charge in [-0.05, 0) is 57.4 Å². The third-order valence-corrected chi connectivity index (χ3v) is 5.96. The Kier molecular flexibility index (Phi) is 5.83. The lowest BCUT2D eigenvalue weighted by molar-refractivity contribution is -0.118. The number of carbonyl (C=O) groups is 2. The number of amides is 1. The van der Waals surface area contributed by atoms with Gasteiger partial charge in [0.2, 0.25) is 5.91 Å². The molecule has 0 bridgehead atoms. The Hall–Kier alpha value is -3.00. The Morgan fingerprint density at radius 1 is 1.28 bits per heavy atom. The van der Waals surface area contributed by atoms with Crippen LogP contribution < -0.4 is 10.9 Å². The van der Waals surface area contributed by atoms with Crippen molar-refractivity contribution in [3.8, 4) is 0 Å². The number of carbonyl (C=O) groups excluding carboxylic acids is 2. The van der Waals surface area contributed by atoms with Crippen LogP contribution in [-0.2, 0) is 9.53 Å². The number of hydrogen-bond acceptors (Lipinski definition) is 6. The number of nitrogens with zero attached hydrogens (tertiary/aromatic N) is 2. The summed E-state index contributed by atoms with van der Waals surface area (Å²) in [7, 11) is 0. The first-order valence-corrected chi connectivity index (χ1v) is 10.1. The van der Waals surface area contributed by atoms with Crippen molar-refractivity contribution in [2.24, 2.45) is 0 Å². The maximum Gasteiger partial charge on any atom is 0.348 e. The van der Waals surface area contributed by atoms with Gasteiger partial charge in [0.1, 0.15) is 15.7 Å². The number of thiophene rings is 1. The summed E-state index contributed by atoms with van der Waals surface area (Å²) < 4.78 is 6.34. The molecule has 29 heavy (non-hydrogen) atoms. The molecule has 0 spiro atoms. The van der Waals surface area contributed by atoms with Gasteiger partial charge in [-0.1, -0.05) is 12.1 Å². The first-order chi connectivity index (χ1) is 13.7. The minimum atomic E-state index is -0.773. The lowest BCUT2D eigenvalue weighted by Crippen LogP contribution is -2.32. The van der Waals surface area contributed by atoms with Crippen molar-refractivity contribution < 1.29 is 14.3 Å². The molecule has 3 rings (SSSR count). The van der Waals surface area contributed by atoms with Crippen LogP contribution in [0.4, 0.5) is 5.69 Å².